The normalized spacial score (nSPS) is 12.8. The fraction of sp³-hybridized carbons (Fsp3) is 0.750. The molecule has 0 amide bonds. The van der Waals surface area contributed by atoms with Gasteiger partial charge in [-0.2, -0.15) is 0 Å². The van der Waals surface area contributed by atoms with E-state index in [2.05, 4.69) is 6.92 Å². The summed E-state index contributed by atoms with van der Waals surface area (Å²) in [5, 5.41) is 0. The van der Waals surface area contributed by atoms with Crippen LogP contribution in [0.3, 0.4) is 0 Å². The molecule has 0 aromatic heterocycles. The molecule has 0 aliphatic heterocycles. The molecule has 0 fully saturated rings. The molecule has 0 aliphatic rings. The summed E-state index contributed by atoms with van der Waals surface area (Å²) in [7, 11) is -2.39. The summed E-state index contributed by atoms with van der Waals surface area (Å²) >= 11 is 0. The second-order valence-electron chi connectivity index (χ2n) is 3.11. The van der Waals surface area contributed by atoms with Crippen LogP contribution >= 0.6 is 0 Å². The first-order valence-corrected chi connectivity index (χ1v) is 6.88. The Morgan fingerprint density at radius 1 is 1.40 bits per heavy atom. The van der Waals surface area contributed by atoms with Gasteiger partial charge in [0.05, 0.1) is 0 Å². The summed E-state index contributed by atoms with van der Waals surface area (Å²) < 4.78 is 12.9. The highest BCUT2D eigenvalue weighted by Crippen LogP contribution is 2.06. The first kappa shape index (κ1) is 9.89. The van der Waals surface area contributed by atoms with Crippen LogP contribution in [0.25, 0.3) is 0 Å². The molecule has 0 spiro atoms. The van der Waals surface area contributed by atoms with Crippen molar-refractivity contribution in [2.24, 2.45) is 0 Å². The van der Waals surface area contributed by atoms with Gasteiger partial charge in [-0.1, -0.05) is 31.5 Å². The lowest BCUT2D eigenvalue weighted by molar-refractivity contribution is 0.805. The second kappa shape index (κ2) is 4.66. The summed E-state index contributed by atoms with van der Waals surface area (Å²) in [6.07, 6.45) is 5.40. The monoisotopic (exact) mass is 160 g/mol. The molecule has 0 N–H and O–H groups in total. The summed E-state index contributed by atoms with van der Waals surface area (Å²) in [4.78, 5) is 0. The van der Waals surface area contributed by atoms with Gasteiger partial charge in [-0.15, -0.1) is 0 Å². The Balaban J connectivity index is 3.37. The number of hydrogen-bond donors (Lipinski definition) is 0. The standard InChI is InChI=1S/C8H17FSi/c1-4-5-6-7-8-10(2,3)9/h7-8H,4-6H2,1-3H3/b8-7+. The van der Waals surface area contributed by atoms with Gasteiger partial charge >= 0.3 is 0 Å². The van der Waals surface area contributed by atoms with Gasteiger partial charge < -0.3 is 4.11 Å². The molecule has 0 aromatic carbocycles. The lowest BCUT2D eigenvalue weighted by atomic mass is 10.2. The number of halogens is 1. The van der Waals surface area contributed by atoms with E-state index >= 15 is 0 Å². The van der Waals surface area contributed by atoms with Crippen molar-refractivity contribution in [3.05, 3.63) is 11.8 Å². The van der Waals surface area contributed by atoms with E-state index < -0.39 is 8.41 Å². The molecule has 0 heterocycles. The molecule has 0 nitrogen and oxygen atoms in total. The van der Waals surface area contributed by atoms with Crippen LogP contribution in [0.1, 0.15) is 26.2 Å². The van der Waals surface area contributed by atoms with Gasteiger partial charge in [0.1, 0.15) is 0 Å². The van der Waals surface area contributed by atoms with Gasteiger partial charge in [0.25, 0.3) is 8.41 Å². The molecular weight excluding hydrogens is 143 g/mol. The predicted octanol–water partition coefficient (Wildman–Crippen LogP) is 3.45. The van der Waals surface area contributed by atoms with Crippen LogP contribution in [0.15, 0.2) is 11.8 Å². The minimum atomic E-state index is -2.39. The van der Waals surface area contributed by atoms with Crippen LogP contribution in [0.4, 0.5) is 4.11 Å². The number of hydrogen-bond acceptors (Lipinski definition) is 0. The molecule has 60 valence electrons. The molecule has 0 saturated carbocycles. The quantitative estimate of drug-likeness (QED) is 0.336. The van der Waals surface area contributed by atoms with Gasteiger partial charge in [-0.25, -0.2) is 0 Å². The van der Waals surface area contributed by atoms with E-state index in [4.69, 9.17) is 0 Å². The van der Waals surface area contributed by atoms with E-state index in [1.54, 1.807) is 18.8 Å². The van der Waals surface area contributed by atoms with Crippen molar-refractivity contribution in [2.75, 3.05) is 0 Å². The van der Waals surface area contributed by atoms with E-state index in [1.165, 1.54) is 12.8 Å². The first-order valence-electron chi connectivity index (χ1n) is 3.93. The Bertz CT molecular complexity index is 102. The SMILES string of the molecule is CCCC/C=C/[Si](C)(C)F. The Morgan fingerprint density at radius 3 is 2.40 bits per heavy atom. The van der Waals surface area contributed by atoms with E-state index in [-0.39, 0.29) is 0 Å². The lowest BCUT2D eigenvalue weighted by Crippen LogP contribution is -2.13. The largest absolute Gasteiger partial charge is 0.309 e. The molecule has 0 radical (unpaired) electrons. The predicted molar refractivity (Wildman–Crippen MR) is 47.3 cm³/mol. The van der Waals surface area contributed by atoms with Crippen LogP contribution in [0.5, 0.6) is 0 Å². The summed E-state index contributed by atoms with van der Waals surface area (Å²) in [5.41, 5.74) is 1.77. The molecule has 0 rings (SSSR count). The van der Waals surface area contributed by atoms with Gasteiger partial charge in [0.15, 0.2) is 0 Å². The fourth-order valence-corrected chi connectivity index (χ4v) is 1.41. The molecule has 0 aromatic rings. The molecule has 10 heavy (non-hydrogen) atoms. The minimum Gasteiger partial charge on any atom is -0.309 e. The third-order valence-electron chi connectivity index (χ3n) is 1.24. The van der Waals surface area contributed by atoms with E-state index in [9.17, 15) is 4.11 Å². The molecule has 0 unspecified atom stereocenters. The second-order valence-corrected chi connectivity index (χ2v) is 6.57. The molecular formula is C8H17FSi. The summed E-state index contributed by atoms with van der Waals surface area (Å²) in [6, 6.07) is 0. The third kappa shape index (κ3) is 7.89. The topological polar surface area (TPSA) is 0 Å². The van der Waals surface area contributed by atoms with Crippen molar-refractivity contribution in [1.29, 1.82) is 0 Å². The van der Waals surface area contributed by atoms with Crippen molar-refractivity contribution in [1.82, 2.24) is 0 Å². The molecule has 0 saturated heterocycles. The van der Waals surface area contributed by atoms with Gasteiger partial charge in [0.2, 0.25) is 0 Å². The van der Waals surface area contributed by atoms with Crippen molar-refractivity contribution in [2.45, 2.75) is 39.3 Å². The minimum absolute atomic E-state index is 1.04. The molecule has 0 bridgehead atoms. The molecule has 0 aliphatic carbocycles. The van der Waals surface area contributed by atoms with Crippen LogP contribution in [0.2, 0.25) is 13.1 Å². The van der Waals surface area contributed by atoms with Crippen LogP contribution in [0, 0.1) is 0 Å². The zero-order valence-electron chi connectivity index (χ0n) is 7.15. The average molecular weight is 160 g/mol. The third-order valence-corrected chi connectivity index (χ3v) is 2.27. The number of unbranched alkanes of at least 4 members (excludes halogenated alkanes) is 2. The van der Waals surface area contributed by atoms with Crippen molar-refractivity contribution < 1.29 is 4.11 Å². The number of allylic oxidation sites excluding steroid dienone is 1. The highest BCUT2D eigenvalue weighted by atomic mass is 28.4. The Labute approximate surface area is 64.3 Å². The Morgan fingerprint density at radius 2 is 2.00 bits per heavy atom. The Hall–Kier alpha value is -0.113. The summed E-state index contributed by atoms with van der Waals surface area (Å²) in [6.45, 7) is 5.55. The highest BCUT2D eigenvalue weighted by molar-refractivity contribution is 6.75. The van der Waals surface area contributed by atoms with Crippen LogP contribution in [-0.4, -0.2) is 8.41 Å². The highest BCUT2D eigenvalue weighted by Gasteiger charge is 2.13. The van der Waals surface area contributed by atoms with Crippen molar-refractivity contribution >= 4 is 8.41 Å². The smallest absolute Gasteiger partial charge is 0.264 e. The van der Waals surface area contributed by atoms with E-state index in [0.717, 1.165) is 6.42 Å². The maximum absolute atomic E-state index is 12.9. The van der Waals surface area contributed by atoms with E-state index in [0.29, 0.717) is 0 Å². The van der Waals surface area contributed by atoms with Gasteiger partial charge in [0, 0.05) is 0 Å². The zero-order chi connectivity index (χ0) is 8.04. The van der Waals surface area contributed by atoms with Crippen LogP contribution < -0.4 is 0 Å². The first-order chi connectivity index (χ1) is 4.56. The van der Waals surface area contributed by atoms with Gasteiger partial charge in [-0.05, 0) is 19.5 Å². The van der Waals surface area contributed by atoms with Gasteiger partial charge in [-0.3, -0.25) is 0 Å². The average Bonchev–Trinajstić information content (AvgIpc) is 1.78. The molecule has 0 atom stereocenters. The Kier molecular flexibility index (Phi) is 4.61. The molecule has 2 heteroatoms. The maximum Gasteiger partial charge on any atom is 0.264 e. The fourth-order valence-electron chi connectivity index (χ4n) is 0.686. The lowest BCUT2D eigenvalue weighted by Gasteiger charge is -2.01. The van der Waals surface area contributed by atoms with E-state index in [1.807, 2.05) is 6.08 Å². The summed E-state index contributed by atoms with van der Waals surface area (Å²) in [5.74, 6) is 0. The maximum atomic E-state index is 12.9. The van der Waals surface area contributed by atoms with Crippen molar-refractivity contribution in [3.63, 3.8) is 0 Å². The number of rotatable bonds is 4. The van der Waals surface area contributed by atoms with Crippen LogP contribution in [-0.2, 0) is 0 Å². The van der Waals surface area contributed by atoms with Crippen molar-refractivity contribution in [3.8, 4) is 0 Å². The zero-order valence-corrected chi connectivity index (χ0v) is 8.15.